The van der Waals surface area contributed by atoms with Crippen LogP contribution in [0.3, 0.4) is 0 Å². The fourth-order valence-corrected chi connectivity index (χ4v) is 2.10. The van der Waals surface area contributed by atoms with Gasteiger partial charge in [-0.15, -0.1) is 0 Å². The van der Waals surface area contributed by atoms with Crippen molar-refractivity contribution in [3.05, 3.63) is 65.2 Å². The summed E-state index contributed by atoms with van der Waals surface area (Å²) in [6, 6.07) is 16.1. The van der Waals surface area contributed by atoms with Crippen LogP contribution in [0.25, 0.3) is 0 Å². The molecule has 0 atom stereocenters. The summed E-state index contributed by atoms with van der Waals surface area (Å²) in [7, 11) is 0. The van der Waals surface area contributed by atoms with Crippen LogP contribution in [0.4, 0.5) is 0 Å². The number of hydrazone groups is 1. The van der Waals surface area contributed by atoms with Gasteiger partial charge in [-0.3, -0.25) is 5.43 Å². The van der Waals surface area contributed by atoms with Crippen LogP contribution in [-0.2, 0) is 6.61 Å². The predicted octanol–water partition coefficient (Wildman–Crippen LogP) is 3.39. The molecule has 4 nitrogen and oxygen atoms in total. The van der Waals surface area contributed by atoms with Gasteiger partial charge < -0.3 is 10.1 Å². The molecular weight excluding hydrogens is 306 g/mol. The van der Waals surface area contributed by atoms with Crippen LogP contribution in [-0.4, -0.2) is 17.9 Å². The Labute approximate surface area is 142 Å². The molecule has 0 fully saturated rings. The highest BCUT2D eigenvalue weighted by atomic mass is 32.1. The quantitative estimate of drug-likeness (QED) is 0.485. The maximum absolute atomic E-state index is 5.82. The summed E-state index contributed by atoms with van der Waals surface area (Å²) in [5.74, 6) is 0.809. The summed E-state index contributed by atoms with van der Waals surface area (Å²) in [5.41, 5.74) is 6.10. The highest BCUT2D eigenvalue weighted by molar-refractivity contribution is 7.80. The number of benzene rings is 2. The molecule has 0 saturated heterocycles. The number of thiocarbonyl (C=S) groups is 1. The van der Waals surface area contributed by atoms with Gasteiger partial charge in [0.25, 0.3) is 0 Å². The Bertz CT molecular complexity index is 668. The van der Waals surface area contributed by atoms with Gasteiger partial charge in [0.15, 0.2) is 5.11 Å². The molecule has 2 aromatic rings. The second kappa shape index (κ2) is 8.90. The average Bonchev–Trinajstić information content (AvgIpc) is 2.55. The van der Waals surface area contributed by atoms with Gasteiger partial charge in [0.05, 0.1) is 6.21 Å². The van der Waals surface area contributed by atoms with Gasteiger partial charge in [-0.05, 0) is 49.3 Å². The summed E-state index contributed by atoms with van der Waals surface area (Å²) < 4.78 is 5.82. The normalized spacial score (nSPS) is 10.5. The van der Waals surface area contributed by atoms with Gasteiger partial charge in [0, 0.05) is 6.54 Å². The van der Waals surface area contributed by atoms with Crippen LogP contribution in [0.15, 0.2) is 53.6 Å². The Balaban J connectivity index is 1.90. The highest BCUT2D eigenvalue weighted by Crippen LogP contribution is 2.14. The molecule has 2 rings (SSSR count). The predicted molar refractivity (Wildman–Crippen MR) is 99.0 cm³/mol. The maximum Gasteiger partial charge on any atom is 0.186 e. The molecule has 0 spiro atoms. The Morgan fingerprint density at radius 3 is 2.74 bits per heavy atom. The van der Waals surface area contributed by atoms with Gasteiger partial charge in [-0.1, -0.05) is 42.0 Å². The molecule has 23 heavy (non-hydrogen) atoms. The molecule has 2 N–H and O–H groups in total. The fraction of sp³-hybridized carbons (Fsp3) is 0.222. The Morgan fingerprint density at radius 2 is 2.00 bits per heavy atom. The van der Waals surface area contributed by atoms with Gasteiger partial charge >= 0.3 is 0 Å². The molecule has 0 bridgehead atoms. The molecule has 120 valence electrons. The fourth-order valence-electron chi connectivity index (χ4n) is 1.90. The van der Waals surface area contributed by atoms with Crippen molar-refractivity contribution in [2.45, 2.75) is 20.5 Å². The van der Waals surface area contributed by atoms with Crippen LogP contribution >= 0.6 is 12.2 Å². The second-order valence-electron chi connectivity index (χ2n) is 5.08. The lowest BCUT2D eigenvalue weighted by molar-refractivity contribution is 0.306. The first kappa shape index (κ1) is 17.0. The van der Waals surface area contributed by atoms with E-state index in [1.165, 1.54) is 5.56 Å². The minimum absolute atomic E-state index is 0.510. The number of hydrogen-bond acceptors (Lipinski definition) is 3. The molecule has 0 aliphatic rings. The van der Waals surface area contributed by atoms with E-state index in [4.69, 9.17) is 17.0 Å². The van der Waals surface area contributed by atoms with Crippen molar-refractivity contribution in [3.63, 3.8) is 0 Å². The molecule has 0 amide bonds. The van der Waals surface area contributed by atoms with E-state index in [-0.39, 0.29) is 0 Å². The minimum atomic E-state index is 0.510. The summed E-state index contributed by atoms with van der Waals surface area (Å²) >= 11 is 5.04. The monoisotopic (exact) mass is 327 g/mol. The Hall–Kier alpha value is -2.40. The first-order valence-corrected chi connectivity index (χ1v) is 7.93. The van der Waals surface area contributed by atoms with Crippen molar-refractivity contribution in [1.29, 1.82) is 0 Å². The Morgan fingerprint density at radius 1 is 1.22 bits per heavy atom. The van der Waals surface area contributed by atoms with Crippen molar-refractivity contribution in [2.75, 3.05) is 6.54 Å². The van der Waals surface area contributed by atoms with E-state index in [1.807, 2.05) is 31.2 Å². The van der Waals surface area contributed by atoms with Crippen LogP contribution in [0.1, 0.15) is 23.6 Å². The average molecular weight is 327 g/mol. The summed E-state index contributed by atoms with van der Waals surface area (Å²) in [6.45, 7) is 5.36. The van der Waals surface area contributed by atoms with Crippen molar-refractivity contribution < 1.29 is 4.74 Å². The number of hydrogen-bond donors (Lipinski definition) is 2. The molecule has 0 unspecified atom stereocenters. The van der Waals surface area contributed by atoms with E-state index in [0.29, 0.717) is 11.7 Å². The largest absolute Gasteiger partial charge is 0.489 e. The molecule has 0 saturated carbocycles. The van der Waals surface area contributed by atoms with Crippen molar-refractivity contribution in [3.8, 4) is 5.75 Å². The van der Waals surface area contributed by atoms with Crippen molar-refractivity contribution >= 4 is 23.5 Å². The molecule has 0 heterocycles. The van der Waals surface area contributed by atoms with Crippen LogP contribution < -0.4 is 15.5 Å². The van der Waals surface area contributed by atoms with E-state index < -0.39 is 0 Å². The zero-order chi connectivity index (χ0) is 16.5. The number of aryl methyl sites for hydroxylation is 1. The zero-order valence-electron chi connectivity index (χ0n) is 13.4. The first-order chi connectivity index (χ1) is 11.2. The minimum Gasteiger partial charge on any atom is -0.489 e. The van der Waals surface area contributed by atoms with E-state index >= 15 is 0 Å². The van der Waals surface area contributed by atoms with E-state index in [2.05, 4.69) is 47.0 Å². The molecule has 0 aliphatic carbocycles. The van der Waals surface area contributed by atoms with Crippen LogP contribution in [0.2, 0.25) is 0 Å². The summed E-state index contributed by atoms with van der Waals surface area (Å²) in [5, 5.41) is 7.57. The molecule has 5 heteroatoms. The van der Waals surface area contributed by atoms with Crippen molar-refractivity contribution in [1.82, 2.24) is 10.7 Å². The molecule has 0 aliphatic heterocycles. The highest BCUT2D eigenvalue weighted by Gasteiger charge is 1.97. The van der Waals surface area contributed by atoms with Gasteiger partial charge in [-0.25, -0.2) is 0 Å². The van der Waals surface area contributed by atoms with E-state index in [0.717, 1.165) is 23.4 Å². The number of nitrogens with one attached hydrogen (secondary N) is 2. The lowest BCUT2D eigenvalue weighted by atomic mass is 10.2. The smallest absolute Gasteiger partial charge is 0.186 e. The third-order valence-electron chi connectivity index (χ3n) is 3.10. The SMILES string of the molecule is CCNC(=S)NN=Cc1cccc(OCc2ccc(C)cc2)c1. The Kier molecular flexibility index (Phi) is 6.56. The van der Waals surface area contributed by atoms with Crippen LogP contribution in [0.5, 0.6) is 5.75 Å². The lowest BCUT2D eigenvalue weighted by Gasteiger charge is -2.07. The van der Waals surface area contributed by atoms with E-state index in [1.54, 1.807) is 6.21 Å². The van der Waals surface area contributed by atoms with Gasteiger partial charge in [0.1, 0.15) is 12.4 Å². The maximum atomic E-state index is 5.82. The molecule has 0 aromatic heterocycles. The number of nitrogens with zero attached hydrogens (tertiary/aromatic N) is 1. The second-order valence-corrected chi connectivity index (χ2v) is 5.48. The third-order valence-corrected chi connectivity index (χ3v) is 3.34. The van der Waals surface area contributed by atoms with Crippen molar-refractivity contribution in [2.24, 2.45) is 5.10 Å². The van der Waals surface area contributed by atoms with Gasteiger partial charge in [0.2, 0.25) is 0 Å². The number of ether oxygens (including phenoxy) is 1. The van der Waals surface area contributed by atoms with E-state index in [9.17, 15) is 0 Å². The lowest BCUT2D eigenvalue weighted by Crippen LogP contribution is -2.31. The zero-order valence-corrected chi connectivity index (χ0v) is 14.2. The first-order valence-electron chi connectivity index (χ1n) is 7.52. The summed E-state index contributed by atoms with van der Waals surface area (Å²) in [6.07, 6.45) is 1.71. The standard InChI is InChI=1S/C18H21N3OS/c1-3-19-18(23)21-20-12-16-5-4-6-17(11-16)22-13-15-9-7-14(2)8-10-15/h4-12H,3,13H2,1-2H3,(H2,19,21,23). The number of rotatable bonds is 6. The summed E-state index contributed by atoms with van der Waals surface area (Å²) in [4.78, 5) is 0. The van der Waals surface area contributed by atoms with Crippen LogP contribution in [0, 0.1) is 6.92 Å². The molecule has 2 aromatic carbocycles. The van der Waals surface area contributed by atoms with Gasteiger partial charge in [-0.2, -0.15) is 5.10 Å². The topological polar surface area (TPSA) is 45.7 Å². The molecular formula is C18H21N3OS. The third kappa shape index (κ3) is 6.08. The molecule has 0 radical (unpaired) electrons.